The fourth-order valence-electron chi connectivity index (χ4n) is 3.76. The van der Waals surface area contributed by atoms with Gasteiger partial charge in [-0.25, -0.2) is 0 Å². The Hall–Kier alpha value is -2.02. The Balaban J connectivity index is 2.03. The minimum absolute atomic E-state index is 0.252. The largest absolute Gasteiger partial charge is 0.399 e. The summed E-state index contributed by atoms with van der Waals surface area (Å²) in [6, 6.07) is 15.1. The highest BCUT2D eigenvalue weighted by Gasteiger charge is 2.36. The molecule has 3 rings (SSSR count). The van der Waals surface area contributed by atoms with E-state index in [0.29, 0.717) is 0 Å². The van der Waals surface area contributed by atoms with Crippen LogP contribution in [0.2, 0.25) is 0 Å². The lowest BCUT2D eigenvalue weighted by atomic mass is 9.63. The fourth-order valence-corrected chi connectivity index (χ4v) is 3.76. The van der Waals surface area contributed by atoms with E-state index in [4.69, 9.17) is 5.73 Å². The monoisotopic (exact) mass is 319 g/mol. The molecule has 0 spiro atoms. The summed E-state index contributed by atoms with van der Waals surface area (Å²) in [5.74, 6) is 0. The summed E-state index contributed by atoms with van der Waals surface area (Å²) in [5, 5.41) is 0. The molecule has 0 bridgehead atoms. The molecule has 0 aliphatic heterocycles. The molecular weight excluding hydrogens is 290 g/mol. The van der Waals surface area contributed by atoms with E-state index in [-0.39, 0.29) is 10.8 Å². The van der Waals surface area contributed by atoms with Crippen molar-refractivity contribution in [3.63, 3.8) is 0 Å². The van der Waals surface area contributed by atoms with Crippen LogP contribution in [0.3, 0.4) is 0 Å². The van der Waals surface area contributed by atoms with Crippen LogP contribution in [0, 0.1) is 0 Å². The third-order valence-electron chi connectivity index (χ3n) is 5.63. The summed E-state index contributed by atoms with van der Waals surface area (Å²) in [5.41, 5.74) is 13.9. The van der Waals surface area contributed by atoms with Crippen molar-refractivity contribution in [3.05, 3.63) is 64.7 Å². The van der Waals surface area contributed by atoms with Crippen LogP contribution in [-0.4, -0.2) is 0 Å². The van der Waals surface area contributed by atoms with Crippen LogP contribution < -0.4 is 5.73 Å². The van der Waals surface area contributed by atoms with Gasteiger partial charge in [0, 0.05) is 5.69 Å². The van der Waals surface area contributed by atoms with Gasteiger partial charge < -0.3 is 5.73 Å². The van der Waals surface area contributed by atoms with Crippen LogP contribution >= 0.6 is 0 Å². The number of allylic oxidation sites excluding steroid dienone is 1. The molecule has 24 heavy (non-hydrogen) atoms. The number of hydrogen-bond acceptors (Lipinski definition) is 1. The zero-order valence-corrected chi connectivity index (χ0v) is 15.6. The van der Waals surface area contributed by atoms with Crippen molar-refractivity contribution in [1.82, 2.24) is 0 Å². The van der Waals surface area contributed by atoms with Gasteiger partial charge in [-0.2, -0.15) is 0 Å². The summed E-state index contributed by atoms with van der Waals surface area (Å²) >= 11 is 0. The van der Waals surface area contributed by atoms with Crippen molar-refractivity contribution < 1.29 is 0 Å². The Morgan fingerprint density at radius 1 is 0.875 bits per heavy atom. The molecule has 0 unspecified atom stereocenters. The van der Waals surface area contributed by atoms with Gasteiger partial charge in [-0.05, 0) is 70.6 Å². The van der Waals surface area contributed by atoms with E-state index in [1.807, 2.05) is 12.1 Å². The van der Waals surface area contributed by atoms with Gasteiger partial charge in [0.1, 0.15) is 0 Å². The lowest BCUT2D eigenvalue weighted by molar-refractivity contribution is 0.332. The molecule has 1 nitrogen and oxygen atoms in total. The van der Waals surface area contributed by atoms with Gasteiger partial charge >= 0.3 is 0 Å². The Morgan fingerprint density at radius 2 is 1.46 bits per heavy atom. The van der Waals surface area contributed by atoms with Crippen LogP contribution in [0.4, 0.5) is 5.69 Å². The number of hydrogen-bond donors (Lipinski definition) is 1. The van der Waals surface area contributed by atoms with Crippen LogP contribution in [-0.2, 0) is 10.8 Å². The first kappa shape index (κ1) is 16.8. The van der Waals surface area contributed by atoms with E-state index in [0.717, 1.165) is 5.69 Å². The van der Waals surface area contributed by atoms with Gasteiger partial charge in [-0.3, -0.25) is 0 Å². The third kappa shape index (κ3) is 3.13. The third-order valence-corrected chi connectivity index (χ3v) is 5.63. The van der Waals surface area contributed by atoms with E-state index in [9.17, 15) is 0 Å². The molecule has 2 aromatic carbocycles. The molecule has 0 fully saturated rings. The van der Waals surface area contributed by atoms with E-state index < -0.39 is 0 Å². The normalized spacial score (nSPS) is 19.0. The molecule has 0 saturated heterocycles. The highest BCUT2D eigenvalue weighted by molar-refractivity contribution is 5.81. The highest BCUT2D eigenvalue weighted by atomic mass is 14.5. The predicted octanol–water partition coefficient (Wildman–Crippen LogP) is 6.18. The summed E-state index contributed by atoms with van der Waals surface area (Å²) in [6.07, 6.45) is 4.74. The van der Waals surface area contributed by atoms with Crippen molar-refractivity contribution in [1.29, 1.82) is 0 Å². The molecule has 0 amide bonds. The van der Waals surface area contributed by atoms with E-state index in [1.54, 1.807) is 0 Å². The first-order valence-corrected chi connectivity index (χ1v) is 8.88. The maximum absolute atomic E-state index is 5.78. The number of fused-ring (bicyclic) bond motifs is 1. The second-order valence-corrected chi connectivity index (χ2v) is 8.52. The van der Waals surface area contributed by atoms with Crippen molar-refractivity contribution in [2.24, 2.45) is 0 Å². The quantitative estimate of drug-likeness (QED) is 0.519. The number of nitrogens with two attached hydrogens (primary N) is 1. The van der Waals surface area contributed by atoms with Crippen LogP contribution in [0.5, 0.6) is 0 Å². The lowest BCUT2D eigenvalue weighted by Gasteiger charge is -2.42. The molecule has 1 aliphatic carbocycles. The van der Waals surface area contributed by atoms with E-state index in [2.05, 4.69) is 71.0 Å². The Kier molecular flexibility index (Phi) is 4.07. The van der Waals surface area contributed by atoms with Crippen molar-refractivity contribution in [2.45, 2.75) is 58.3 Å². The maximum Gasteiger partial charge on any atom is 0.0314 e. The maximum atomic E-state index is 5.78. The SMILES string of the molecule is CC(=Cc1ccc(N)cc1)c1ccc2c(c1)C(C)(C)CCC2(C)C. The summed E-state index contributed by atoms with van der Waals surface area (Å²) in [4.78, 5) is 0. The Labute approximate surface area is 146 Å². The number of nitrogen functional groups attached to an aromatic ring is 1. The second-order valence-electron chi connectivity index (χ2n) is 8.52. The Bertz CT molecular complexity index is 776. The minimum atomic E-state index is 0.252. The standard InChI is InChI=1S/C23H29N/c1-16(14-17-6-9-19(24)10-7-17)18-8-11-20-21(15-18)23(4,5)13-12-22(20,2)3/h6-11,14-15H,12-13,24H2,1-5H3. The highest BCUT2D eigenvalue weighted by Crippen LogP contribution is 2.46. The molecule has 1 heteroatoms. The molecule has 0 aromatic heterocycles. The van der Waals surface area contributed by atoms with Crippen LogP contribution in [0.25, 0.3) is 11.6 Å². The molecule has 2 aromatic rings. The number of rotatable bonds is 2. The minimum Gasteiger partial charge on any atom is -0.399 e. The summed E-state index contributed by atoms with van der Waals surface area (Å²) < 4.78 is 0. The van der Waals surface area contributed by atoms with Crippen LogP contribution in [0.1, 0.15) is 69.7 Å². The first-order chi connectivity index (χ1) is 11.2. The fraction of sp³-hybridized carbons (Fsp3) is 0.391. The van der Waals surface area contributed by atoms with E-state index >= 15 is 0 Å². The summed E-state index contributed by atoms with van der Waals surface area (Å²) in [6.45, 7) is 11.7. The Morgan fingerprint density at radius 3 is 2.08 bits per heavy atom. The van der Waals surface area contributed by atoms with Crippen molar-refractivity contribution in [2.75, 3.05) is 5.73 Å². The first-order valence-electron chi connectivity index (χ1n) is 8.88. The lowest BCUT2D eigenvalue weighted by Crippen LogP contribution is -2.33. The molecule has 126 valence electrons. The molecule has 0 heterocycles. The van der Waals surface area contributed by atoms with Gasteiger partial charge in [0.05, 0.1) is 0 Å². The zero-order valence-electron chi connectivity index (χ0n) is 15.6. The average molecular weight is 319 g/mol. The molecule has 2 N–H and O–H groups in total. The number of benzene rings is 2. The zero-order chi connectivity index (χ0) is 17.5. The van der Waals surface area contributed by atoms with Gasteiger partial charge in [0.15, 0.2) is 0 Å². The van der Waals surface area contributed by atoms with E-state index in [1.165, 1.54) is 40.7 Å². The smallest absolute Gasteiger partial charge is 0.0314 e. The molecule has 0 atom stereocenters. The van der Waals surface area contributed by atoms with Crippen molar-refractivity contribution >= 4 is 17.3 Å². The van der Waals surface area contributed by atoms with Crippen molar-refractivity contribution in [3.8, 4) is 0 Å². The number of anilines is 1. The average Bonchev–Trinajstić information content (AvgIpc) is 2.54. The molecule has 1 aliphatic rings. The second kappa shape index (κ2) is 5.81. The molecular formula is C23H29N. The van der Waals surface area contributed by atoms with Gasteiger partial charge in [0.2, 0.25) is 0 Å². The topological polar surface area (TPSA) is 26.0 Å². The van der Waals surface area contributed by atoms with Gasteiger partial charge in [-0.1, -0.05) is 64.1 Å². The van der Waals surface area contributed by atoms with Crippen LogP contribution in [0.15, 0.2) is 42.5 Å². The molecule has 0 radical (unpaired) electrons. The van der Waals surface area contributed by atoms with Gasteiger partial charge in [-0.15, -0.1) is 0 Å². The molecule has 0 saturated carbocycles. The summed E-state index contributed by atoms with van der Waals surface area (Å²) in [7, 11) is 0. The van der Waals surface area contributed by atoms with Gasteiger partial charge in [0.25, 0.3) is 0 Å². The predicted molar refractivity (Wildman–Crippen MR) is 106 cm³/mol.